The van der Waals surface area contributed by atoms with Crippen molar-refractivity contribution in [3.8, 4) is 17.2 Å². The number of carbonyl (C=O) groups is 2. The number of methoxy groups -OCH3 is 1. The number of amides is 1. The molecule has 0 aliphatic heterocycles. The molecule has 0 unspecified atom stereocenters. The third-order valence-corrected chi connectivity index (χ3v) is 4.49. The maximum absolute atomic E-state index is 12.4. The number of carbonyl (C=O) groups excluding carboxylic acids is 2. The van der Waals surface area contributed by atoms with Gasteiger partial charge in [0.05, 0.1) is 13.7 Å². The van der Waals surface area contributed by atoms with Crippen LogP contribution in [-0.2, 0) is 4.79 Å². The first-order chi connectivity index (χ1) is 15.6. The van der Waals surface area contributed by atoms with Crippen molar-refractivity contribution in [2.75, 3.05) is 25.6 Å². The van der Waals surface area contributed by atoms with Crippen LogP contribution in [0.1, 0.15) is 22.8 Å². The van der Waals surface area contributed by atoms with Gasteiger partial charge in [0.1, 0.15) is 5.75 Å². The predicted octanol–water partition coefficient (Wildman–Crippen LogP) is 5.01. The minimum absolute atomic E-state index is 0.122. The van der Waals surface area contributed by atoms with Crippen molar-refractivity contribution < 1.29 is 23.8 Å². The molecule has 32 heavy (non-hydrogen) atoms. The number of anilines is 1. The number of benzene rings is 3. The summed E-state index contributed by atoms with van der Waals surface area (Å²) in [5, 5.41) is 2.77. The standard InChI is InChI=1S/C26H25NO5/c1-3-31-25-17-19(9-15-23(28)20-11-13-22(30-2)14-12-20)10-16-24(25)32-18-26(29)27-21-7-5-4-6-8-21/h4-17H,3,18H2,1-2H3,(H,27,29)/b15-9+. The van der Waals surface area contributed by atoms with E-state index in [9.17, 15) is 9.59 Å². The highest BCUT2D eigenvalue weighted by atomic mass is 16.5. The van der Waals surface area contributed by atoms with E-state index in [-0.39, 0.29) is 18.3 Å². The average molecular weight is 431 g/mol. The van der Waals surface area contributed by atoms with E-state index in [1.807, 2.05) is 25.1 Å². The number of ether oxygens (including phenoxy) is 3. The summed E-state index contributed by atoms with van der Waals surface area (Å²) in [7, 11) is 1.58. The highest BCUT2D eigenvalue weighted by Gasteiger charge is 2.10. The summed E-state index contributed by atoms with van der Waals surface area (Å²) in [4.78, 5) is 24.5. The van der Waals surface area contributed by atoms with Crippen molar-refractivity contribution in [3.63, 3.8) is 0 Å². The van der Waals surface area contributed by atoms with Crippen LogP contribution in [0.15, 0.2) is 78.9 Å². The highest BCUT2D eigenvalue weighted by Crippen LogP contribution is 2.29. The number of nitrogens with one attached hydrogen (secondary N) is 1. The number of rotatable bonds is 10. The number of ketones is 1. The second kappa shape index (κ2) is 11.4. The maximum atomic E-state index is 12.4. The Balaban J connectivity index is 1.64. The fourth-order valence-corrected chi connectivity index (χ4v) is 2.90. The van der Waals surface area contributed by atoms with E-state index in [0.29, 0.717) is 35.1 Å². The Bertz CT molecular complexity index is 1080. The zero-order valence-corrected chi connectivity index (χ0v) is 18.0. The molecular weight excluding hydrogens is 406 g/mol. The lowest BCUT2D eigenvalue weighted by atomic mass is 10.1. The number of hydrogen-bond donors (Lipinski definition) is 1. The Kier molecular flexibility index (Phi) is 8.03. The summed E-state index contributed by atoms with van der Waals surface area (Å²) in [6.45, 7) is 2.15. The molecule has 1 N–H and O–H groups in total. The van der Waals surface area contributed by atoms with Gasteiger partial charge in [-0.3, -0.25) is 9.59 Å². The van der Waals surface area contributed by atoms with Crippen molar-refractivity contribution in [1.82, 2.24) is 0 Å². The Morgan fingerprint density at radius 2 is 1.66 bits per heavy atom. The topological polar surface area (TPSA) is 73.9 Å². The molecule has 3 aromatic rings. The largest absolute Gasteiger partial charge is 0.497 e. The fraction of sp³-hybridized carbons (Fsp3) is 0.154. The molecule has 0 bridgehead atoms. The normalized spacial score (nSPS) is 10.6. The number of allylic oxidation sites excluding steroid dienone is 1. The molecule has 0 atom stereocenters. The van der Waals surface area contributed by atoms with Crippen molar-refractivity contribution in [1.29, 1.82) is 0 Å². The van der Waals surface area contributed by atoms with Crippen LogP contribution in [0.4, 0.5) is 5.69 Å². The molecule has 3 aromatic carbocycles. The van der Waals surface area contributed by atoms with E-state index in [4.69, 9.17) is 14.2 Å². The van der Waals surface area contributed by atoms with E-state index < -0.39 is 0 Å². The smallest absolute Gasteiger partial charge is 0.262 e. The summed E-state index contributed by atoms with van der Waals surface area (Å²) >= 11 is 0. The summed E-state index contributed by atoms with van der Waals surface area (Å²) in [6.07, 6.45) is 3.21. The van der Waals surface area contributed by atoms with Crippen LogP contribution in [0.3, 0.4) is 0 Å². The van der Waals surface area contributed by atoms with Gasteiger partial charge in [0.15, 0.2) is 23.9 Å². The van der Waals surface area contributed by atoms with Gasteiger partial charge in [-0.25, -0.2) is 0 Å². The second-order valence-corrected chi connectivity index (χ2v) is 6.77. The van der Waals surface area contributed by atoms with Crippen LogP contribution in [0.25, 0.3) is 6.08 Å². The van der Waals surface area contributed by atoms with E-state index in [2.05, 4.69) is 5.32 Å². The van der Waals surface area contributed by atoms with Crippen LogP contribution < -0.4 is 19.5 Å². The molecule has 6 heteroatoms. The van der Waals surface area contributed by atoms with Gasteiger partial charge in [-0.1, -0.05) is 30.3 Å². The summed E-state index contributed by atoms with van der Waals surface area (Å²) in [5.74, 6) is 1.25. The van der Waals surface area contributed by atoms with Gasteiger partial charge in [0.25, 0.3) is 5.91 Å². The van der Waals surface area contributed by atoms with Crippen LogP contribution >= 0.6 is 0 Å². The zero-order chi connectivity index (χ0) is 22.8. The molecule has 3 rings (SSSR count). The van der Waals surface area contributed by atoms with Gasteiger partial charge < -0.3 is 19.5 Å². The second-order valence-electron chi connectivity index (χ2n) is 6.77. The van der Waals surface area contributed by atoms with Gasteiger partial charge in [-0.05, 0) is 67.1 Å². The molecule has 6 nitrogen and oxygen atoms in total. The summed E-state index contributed by atoms with van der Waals surface area (Å²) in [6, 6.07) is 21.4. The molecule has 0 saturated heterocycles. The molecule has 0 aliphatic rings. The first kappa shape index (κ1) is 22.6. The third-order valence-electron chi connectivity index (χ3n) is 4.49. The fourth-order valence-electron chi connectivity index (χ4n) is 2.90. The van der Waals surface area contributed by atoms with E-state index in [1.165, 1.54) is 6.08 Å². The van der Waals surface area contributed by atoms with Gasteiger partial charge in [-0.15, -0.1) is 0 Å². The van der Waals surface area contributed by atoms with Gasteiger partial charge in [0, 0.05) is 11.3 Å². The predicted molar refractivity (Wildman–Crippen MR) is 125 cm³/mol. The lowest BCUT2D eigenvalue weighted by Crippen LogP contribution is -2.20. The van der Waals surface area contributed by atoms with Crippen molar-refractivity contribution in [3.05, 3.63) is 90.0 Å². The van der Waals surface area contributed by atoms with E-state index in [1.54, 1.807) is 67.8 Å². The molecule has 164 valence electrons. The number of hydrogen-bond acceptors (Lipinski definition) is 5. The molecule has 1 amide bonds. The van der Waals surface area contributed by atoms with Crippen LogP contribution in [0, 0.1) is 0 Å². The molecule has 0 aliphatic carbocycles. The highest BCUT2D eigenvalue weighted by molar-refractivity contribution is 6.06. The SMILES string of the molecule is CCOc1cc(/C=C/C(=O)c2ccc(OC)cc2)ccc1OCC(=O)Nc1ccccc1. The first-order valence-corrected chi connectivity index (χ1v) is 10.2. The quantitative estimate of drug-likeness (QED) is 0.361. The Morgan fingerprint density at radius 3 is 2.34 bits per heavy atom. The molecule has 0 spiro atoms. The Hall–Kier alpha value is -4.06. The molecule has 0 fully saturated rings. The summed E-state index contributed by atoms with van der Waals surface area (Å²) < 4.78 is 16.4. The lowest BCUT2D eigenvalue weighted by Gasteiger charge is -2.12. The van der Waals surface area contributed by atoms with Crippen LogP contribution in [0.5, 0.6) is 17.2 Å². The molecule has 0 heterocycles. The van der Waals surface area contributed by atoms with Gasteiger partial charge in [0.2, 0.25) is 0 Å². The van der Waals surface area contributed by atoms with Gasteiger partial charge in [-0.2, -0.15) is 0 Å². The maximum Gasteiger partial charge on any atom is 0.262 e. The van der Waals surface area contributed by atoms with E-state index in [0.717, 1.165) is 5.56 Å². The molecule has 0 saturated carbocycles. The van der Waals surface area contributed by atoms with Crippen molar-refractivity contribution >= 4 is 23.5 Å². The minimum Gasteiger partial charge on any atom is -0.497 e. The summed E-state index contributed by atoms with van der Waals surface area (Å²) in [5.41, 5.74) is 2.04. The lowest BCUT2D eigenvalue weighted by molar-refractivity contribution is -0.118. The monoisotopic (exact) mass is 431 g/mol. The third kappa shape index (κ3) is 6.47. The molecular formula is C26H25NO5. The minimum atomic E-state index is -0.271. The van der Waals surface area contributed by atoms with Crippen LogP contribution in [-0.4, -0.2) is 32.0 Å². The van der Waals surface area contributed by atoms with Gasteiger partial charge >= 0.3 is 0 Å². The van der Waals surface area contributed by atoms with Crippen LogP contribution in [0.2, 0.25) is 0 Å². The van der Waals surface area contributed by atoms with E-state index >= 15 is 0 Å². The Morgan fingerprint density at radius 1 is 0.906 bits per heavy atom. The first-order valence-electron chi connectivity index (χ1n) is 10.2. The number of para-hydroxylation sites is 1. The molecule has 0 aromatic heterocycles. The average Bonchev–Trinajstić information content (AvgIpc) is 2.83. The Labute approximate surface area is 187 Å². The van der Waals surface area contributed by atoms with Crippen molar-refractivity contribution in [2.24, 2.45) is 0 Å². The van der Waals surface area contributed by atoms with Crippen molar-refractivity contribution in [2.45, 2.75) is 6.92 Å². The zero-order valence-electron chi connectivity index (χ0n) is 18.0. The molecule has 0 radical (unpaired) electrons.